The van der Waals surface area contributed by atoms with Gasteiger partial charge in [-0.05, 0) is 38.9 Å². The molecule has 0 aromatic rings. The van der Waals surface area contributed by atoms with Crippen LogP contribution in [0.25, 0.3) is 0 Å². The maximum Gasteiger partial charge on any atom is 0.417 e. The third-order valence-electron chi connectivity index (χ3n) is 4.42. The fourth-order valence-electron chi connectivity index (χ4n) is 2.12. The summed E-state index contributed by atoms with van der Waals surface area (Å²) in [5.41, 5.74) is 4.60. The number of hydrogen-bond acceptors (Lipinski definition) is 5. The molecule has 0 aromatic carbocycles. The van der Waals surface area contributed by atoms with Crippen LogP contribution in [0.5, 0.6) is 0 Å². The van der Waals surface area contributed by atoms with Gasteiger partial charge in [0.25, 0.3) is 5.91 Å². The van der Waals surface area contributed by atoms with Crippen LogP contribution in [0.3, 0.4) is 0 Å². The quantitative estimate of drug-likeness (QED) is 0.781. The first-order valence-corrected chi connectivity index (χ1v) is 11.0. The average Bonchev–Trinajstić information content (AvgIpc) is 2.62. The van der Waals surface area contributed by atoms with Crippen LogP contribution in [0.4, 0.5) is 4.79 Å². The van der Waals surface area contributed by atoms with E-state index in [2.05, 4.69) is 20.8 Å². The number of amides is 3. The predicted molar refractivity (Wildman–Crippen MR) is 92.7 cm³/mol. The minimum Gasteiger partial charge on any atom is -0.443 e. The van der Waals surface area contributed by atoms with Crippen LogP contribution in [-0.2, 0) is 18.8 Å². The van der Waals surface area contributed by atoms with Gasteiger partial charge in [-0.25, -0.2) is 9.69 Å². The summed E-state index contributed by atoms with van der Waals surface area (Å²) in [6, 6.07) is -1.04. The lowest BCUT2D eigenvalue weighted by Gasteiger charge is -2.37. The molecule has 138 valence electrons. The van der Waals surface area contributed by atoms with Gasteiger partial charge in [0, 0.05) is 6.42 Å². The van der Waals surface area contributed by atoms with E-state index in [1.54, 1.807) is 20.8 Å². The summed E-state index contributed by atoms with van der Waals surface area (Å²) in [5, 5.41) is -0.102. The van der Waals surface area contributed by atoms with Crippen molar-refractivity contribution < 1.29 is 23.5 Å². The second-order valence-electron chi connectivity index (χ2n) is 8.71. The van der Waals surface area contributed by atoms with Crippen molar-refractivity contribution in [3.05, 3.63) is 0 Å². The summed E-state index contributed by atoms with van der Waals surface area (Å²) in [6.07, 6.45) is -1.64. The van der Waals surface area contributed by atoms with E-state index < -0.39 is 44.0 Å². The number of hydrogen-bond donors (Lipinski definition) is 1. The molecule has 0 spiro atoms. The Labute approximate surface area is 145 Å². The lowest BCUT2D eigenvalue weighted by Crippen LogP contribution is -2.49. The van der Waals surface area contributed by atoms with E-state index in [9.17, 15) is 14.4 Å². The van der Waals surface area contributed by atoms with Gasteiger partial charge in [0.1, 0.15) is 17.7 Å². The summed E-state index contributed by atoms with van der Waals surface area (Å²) in [7, 11) is -2.24. The van der Waals surface area contributed by atoms with E-state index in [4.69, 9.17) is 14.9 Å². The third kappa shape index (κ3) is 4.57. The molecular weight excluding hydrogens is 328 g/mol. The van der Waals surface area contributed by atoms with E-state index in [1.807, 2.05) is 13.1 Å². The van der Waals surface area contributed by atoms with Crippen molar-refractivity contribution in [3.8, 4) is 0 Å². The molecule has 0 aliphatic carbocycles. The van der Waals surface area contributed by atoms with Crippen LogP contribution >= 0.6 is 0 Å². The largest absolute Gasteiger partial charge is 0.443 e. The second kappa shape index (κ2) is 6.48. The summed E-state index contributed by atoms with van der Waals surface area (Å²) in [5.74, 6) is -1.30. The summed E-state index contributed by atoms with van der Waals surface area (Å²) in [4.78, 5) is 37.5. The lowest BCUT2D eigenvalue weighted by molar-refractivity contribution is -0.136. The van der Waals surface area contributed by atoms with Crippen LogP contribution in [0.15, 0.2) is 0 Å². The number of ether oxygens (including phenoxy) is 1. The van der Waals surface area contributed by atoms with Gasteiger partial charge in [-0.1, -0.05) is 20.8 Å². The second-order valence-corrected chi connectivity index (χ2v) is 13.5. The minimum absolute atomic E-state index is 0.0694. The molecule has 2 atom stereocenters. The summed E-state index contributed by atoms with van der Waals surface area (Å²) in [6.45, 7) is 15.2. The Morgan fingerprint density at radius 1 is 1.17 bits per heavy atom. The molecule has 24 heavy (non-hydrogen) atoms. The highest BCUT2D eigenvalue weighted by Gasteiger charge is 2.51. The molecule has 7 nitrogen and oxygen atoms in total. The van der Waals surface area contributed by atoms with Crippen molar-refractivity contribution in [3.63, 3.8) is 0 Å². The third-order valence-corrected chi connectivity index (χ3v) is 8.91. The first kappa shape index (κ1) is 20.6. The lowest BCUT2D eigenvalue weighted by atomic mass is 10.2. The molecule has 1 rings (SSSR count). The molecular formula is C16H30N2O5Si. The predicted octanol–water partition coefficient (Wildman–Crippen LogP) is 2.40. The molecule has 0 aromatic heterocycles. The fraction of sp³-hybridized carbons (Fsp3) is 0.812. The van der Waals surface area contributed by atoms with Crippen LogP contribution < -0.4 is 5.73 Å². The molecule has 0 radical (unpaired) electrons. The van der Waals surface area contributed by atoms with E-state index >= 15 is 0 Å². The van der Waals surface area contributed by atoms with Gasteiger partial charge in [-0.3, -0.25) is 9.59 Å². The van der Waals surface area contributed by atoms with Crippen LogP contribution in [-0.4, -0.2) is 48.9 Å². The average molecular weight is 359 g/mol. The Morgan fingerprint density at radius 3 is 2.04 bits per heavy atom. The molecule has 1 fully saturated rings. The number of rotatable bonds is 3. The number of likely N-dealkylation sites (tertiary alicyclic amines) is 1. The van der Waals surface area contributed by atoms with E-state index in [0.717, 1.165) is 4.90 Å². The Morgan fingerprint density at radius 2 is 1.67 bits per heavy atom. The number of primary amides is 1. The summed E-state index contributed by atoms with van der Waals surface area (Å²) >= 11 is 0. The molecule has 1 heterocycles. The molecule has 8 heteroatoms. The molecule has 1 aliphatic heterocycles. The molecule has 0 bridgehead atoms. The van der Waals surface area contributed by atoms with Gasteiger partial charge in [0.2, 0.25) is 5.91 Å². The zero-order valence-corrected chi connectivity index (χ0v) is 16.9. The summed E-state index contributed by atoms with van der Waals surface area (Å²) < 4.78 is 11.3. The standard InChI is InChI=1S/C16H30N2O5Si/c1-15(2,3)22-14(21)18-10(12(17)19)9-11(13(18)20)23-24(7,8)16(4,5)6/h10-11H,9H2,1-8H3,(H2,17,19)/t10-,11+/m0/s1. The van der Waals surface area contributed by atoms with Crippen molar-refractivity contribution in [2.75, 3.05) is 0 Å². The first-order chi connectivity index (χ1) is 10.6. The Balaban J connectivity index is 3.04. The fourth-order valence-corrected chi connectivity index (χ4v) is 3.38. The van der Waals surface area contributed by atoms with Gasteiger partial charge < -0.3 is 14.9 Å². The topological polar surface area (TPSA) is 98.9 Å². The molecule has 1 saturated heterocycles. The number of carbonyl (C=O) groups is 3. The Bertz CT molecular complexity index is 534. The monoisotopic (exact) mass is 358 g/mol. The number of carbonyl (C=O) groups excluding carboxylic acids is 3. The maximum atomic E-state index is 12.7. The van der Waals surface area contributed by atoms with Crippen molar-refractivity contribution in [2.45, 2.75) is 83.8 Å². The minimum atomic E-state index is -2.24. The number of nitrogens with zero attached hydrogens (tertiary/aromatic N) is 1. The van der Waals surface area contributed by atoms with Gasteiger partial charge in [-0.2, -0.15) is 0 Å². The number of imide groups is 1. The van der Waals surface area contributed by atoms with Gasteiger partial charge >= 0.3 is 6.09 Å². The van der Waals surface area contributed by atoms with E-state index in [0.29, 0.717) is 0 Å². The normalized spacial score (nSPS) is 22.7. The van der Waals surface area contributed by atoms with E-state index in [-0.39, 0.29) is 11.5 Å². The SMILES string of the molecule is CC(C)(C)OC(=O)N1C(=O)[C@H](O[Si](C)(C)C(C)(C)C)C[C@H]1C(N)=O. The molecule has 0 unspecified atom stereocenters. The first-order valence-electron chi connectivity index (χ1n) is 8.10. The molecule has 3 amide bonds. The molecule has 2 N–H and O–H groups in total. The maximum absolute atomic E-state index is 12.7. The van der Waals surface area contributed by atoms with Gasteiger partial charge in [-0.15, -0.1) is 0 Å². The molecule has 1 aliphatic rings. The van der Waals surface area contributed by atoms with Crippen LogP contribution in [0.2, 0.25) is 18.1 Å². The smallest absolute Gasteiger partial charge is 0.417 e. The van der Waals surface area contributed by atoms with Gasteiger partial charge in [0.05, 0.1) is 0 Å². The van der Waals surface area contributed by atoms with Crippen molar-refractivity contribution in [1.82, 2.24) is 4.90 Å². The van der Waals surface area contributed by atoms with Crippen LogP contribution in [0.1, 0.15) is 48.0 Å². The highest BCUT2D eigenvalue weighted by atomic mass is 28.4. The highest BCUT2D eigenvalue weighted by Crippen LogP contribution is 2.39. The van der Waals surface area contributed by atoms with Gasteiger partial charge in [0.15, 0.2) is 8.32 Å². The van der Waals surface area contributed by atoms with Crippen molar-refractivity contribution >= 4 is 26.2 Å². The zero-order valence-electron chi connectivity index (χ0n) is 15.9. The molecule has 0 saturated carbocycles. The highest BCUT2D eigenvalue weighted by molar-refractivity contribution is 6.74. The van der Waals surface area contributed by atoms with Crippen LogP contribution in [0, 0.1) is 0 Å². The zero-order chi connectivity index (χ0) is 19.1. The Hall–Kier alpha value is -1.41. The number of nitrogens with two attached hydrogens (primary N) is 1. The Kier molecular flexibility index (Phi) is 5.57. The van der Waals surface area contributed by atoms with Crippen molar-refractivity contribution in [1.29, 1.82) is 0 Å². The van der Waals surface area contributed by atoms with E-state index in [1.165, 1.54) is 0 Å². The van der Waals surface area contributed by atoms with Crippen molar-refractivity contribution in [2.24, 2.45) is 5.73 Å².